The summed E-state index contributed by atoms with van der Waals surface area (Å²) in [6.45, 7) is 1.33. The molecule has 1 aromatic heterocycles. The summed E-state index contributed by atoms with van der Waals surface area (Å²) in [5, 5.41) is 11.6. The molecule has 0 radical (unpaired) electrons. The van der Waals surface area contributed by atoms with E-state index >= 15 is 0 Å². The van der Waals surface area contributed by atoms with Gasteiger partial charge in [-0.1, -0.05) is 48.5 Å². The fraction of sp³-hybridized carbons (Fsp3) is 0.273. The lowest BCUT2D eigenvalue weighted by Crippen LogP contribution is -2.39. The van der Waals surface area contributed by atoms with Gasteiger partial charge in [0.15, 0.2) is 0 Å². The Bertz CT molecular complexity index is 897. The summed E-state index contributed by atoms with van der Waals surface area (Å²) in [6, 6.07) is 19.4. The molecule has 1 aliphatic heterocycles. The Labute approximate surface area is 153 Å². The Hall–Kier alpha value is -2.72. The zero-order valence-corrected chi connectivity index (χ0v) is 14.6. The highest BCUT2D eigenvalue weighted by molar-refractivity contribution is 6.05. The summed E-state index contributed by atoms with van der Waals surface area (Å²) >= 11 is 0. The smallest absolute Gasteiger partial charge is 0.256 e. The summed E-state index contributed by atoms with van der Waals surface area (Å²) in [7, 11) is 0. The molecule has 1 unspecified atom stereocenters. The predicted octanol–water partition coefficient (Wildman–Crippen LogP) is 3.82. The number of aliphatic hydroxyl groups excluding tert-OH is 1. The lowest BCUT2D eigenvalue weighted by Gasteiger charge is -2.34. The Morgan fingerprint density at radius 1 is 1.00 bits per heavy atom. The first kappa shape index (κ1) is 16.7. The standard InChI is InChI=1S/C22H22N2O2/c25-21(17-6-2-1-3-7-17)18-11-14-24(15-12-18)22(26)19-10-4-8-16-9-5-13-23-20(16)19/h1-10,13,18,21,25H,11-12,14-15H2. The Morgan fingerprint density at radius 2 is 1.73 bits per heavy atom. The van der Waals surface area contributed by atoms with E-state index in [1.807, 2.05) is 65.6 Å². The minimum absolute atomic E-state index is 0.0296. The van der Waals surface area contributed by atoms with Crippen molar-refractivity contribution in [3.63, 3.8) is 0 Å². The molecule has 1 amide bonds. The first-order valence-corrected chi connectivity index (χ1v) is 9.10. The minimum Gasteiger partial charge on any atom is -0.388 e. The number of piperidine rings is 1. The number of para-hydroxylation sites is 1. The van der Waals surface area contributed by atoms with E-state index < -0.39 is 6.10 Å². The summed E-state index contributed by atoms with van der Waals surface area (Å²) in [5.74, 6) is 0.217. The number of hydrogen-bond acceptors (Lipinski definition) is 3. The van der Waals surface area contributed by atoms with Crippen LogP contribution in [-0.4, -0.2) is 34.0 Å². The number of pyridine rings is 1. The van der Waals surface area contributed by atoms with E-state index in [0.29, 0.717) is 18.7 Å². The van der Waals surface area contributed by atoms with Crippen LogP contribution in [-0.2, 0) is 0 Å². The van der Waals surface area contributed by atoms with Crippen LogP contribution in [0, 0.1) is 5.92 Å². The van der Waals surface area contributed by atoms with Crippen molar-refractivity contribution < 1.29 is 9.90 Å². The summed E-state index contributed by atoms with van der Waals surface area (Å²) in [6.07, 6.45) is 2.87. The van der Waals surface area contributed by atoms with Crippen LogP contribution in [0.1, 0.15) is 34.9 Å². The lowest BCUT2D eigenvalue weighted by atomic mass is 9.87. The molecule has 26 heavy (non-hydrogen) atoms. The van der Waals surface area contributed by atoms with Gasteiger partial charge in [-0.25, -0.2) is 0 Å². The normalized spacial score (nSPS) is 16.6. The van der Waals surface area contributed by atoms with Crippen LogP contribution in [0.25, 0.3) is 10.9 Å². The second-order valence-electron chi connectivity index (χ2n) is 6.87. The van der Waals surface area contributed by atoms with Crippen LogP contribution in [0.2, 0.25) is 0 Å². The second kappa shape index (κ2) is 7.26. The van der Waals surface area contributed by atoms with Crippen molar-refractivity contribution in [2.75, 3.05) is 13.1 Å². The van der Waals surface area contributed by atoms with Gasteiger partial charge in [0.1, 0.15) is 0 Å². The second-order valence-corrected chi connectivity index (χ2v) is 6.87. The third-order valence-corrected chi connectivity index (χ3v) is 5.28. The lowest BCUT2D eigenvalue weighted by molar-refractivity contribution is 0.0463. The number of rotatable bonds is 3. The molecule has 0 aliphatic carbocycles. The number of aliphatic hydroxyl groups is 1. The molecule has 4 nitrogen and oxygen atoms in total. The third kappa shape index (κ3) is 3.20. The molecule has 4 heteroatoms. The van der Waals surface area contributed by atoms with Gasteiger partial charge in [0.05, 0.1) is 17.2 Å². The number of nitrogens with zero attached hydrogens (tertiary/aromatic N) is 2. The highest BCUT2D eigenvalue weighted by Crippen LogP contribution is 2.31. The van der Waals surface area contributed by atoms with Gasteiger partial charge in [0, 0.05) is 24.7 Å². The van der Waals surface area contributed by atoms with Gasteiger partial charge in [-0.3, -0.25) is 9.78 Å². The highest BCUT2D eigenvalue weighted by Gasteiger charge is 2.29. The minimum atomic E-state index is -0.465. The number of hydrogen-bond donors (Lipinski definition) is 1. The predicted molar refractivity (Wildman–Crippen MR) is 102 cm³/mol. The van der Waals surface area contributed by atoms with E-state index in [0.717, 1.165) is 29.3 Å². The molecule has 2 aromatic carbocycles. The van der Waals surface area contributed by atoms with Crippen molar-refractivity contribution in [1.29, 1.82) is 0 Å². The van der Waals surface area contributed by atoms with Gasteiger partial charge < -0.3 is 10.0 Å². The molecule has 4 rings (SSSR count). The first-order valence-electron chi connectivity index (χ1n) is 9.10. The molecule has 1 aliphatic rings. The molecule has 132 valence electrons. The molecule has 3 aromatic rings. The Kier molecular flexibility index (Phi) is 4.67. The number of amides is 1. The molecule has 1 atom stereocenters. The quantitative estimate of drug-likeness (QED) is 0.784. The van der Waals surface area contributed by atoms with Gasteiger partial charge in [-0.15, -0.1) is 0 Å². The monoisotopic (exact) mass is 346 g/mol. The van der Waals surface area contributed by atoms with Crippen LogP contribution < -0.4 is 0 Å². The number of benzene rings is 2. The van der Waals surface area contributed by atoms with E-state index in [1.165, 1.54) is 0 Å². The van der Waals surface area contributed by atoms with Gasteiger partial charge in [0.25, 0.3) is 5.91 Å². The van der Waals surface area contributed by atoms with E-state index in [-0.39, 0.29) is 11.8 Å². The molecule has 1 fully saturated rings. The maximum absolute atomic E-state index is 13.0. The summed E-state index contributed by atoms with van der Waals surface area (Å²) in [5.41, 5.74) is 2.37. The Morgan fingerprint density at radius 3 is 2.50 bits per heavy atom. The molecule has 1 N–H and O–H groups in total. The number of carbonyl (C=O) groups excluding carboxylic acids is 1. The maximum Gasteiger partial charge on any atom is 0.256 e. The van der Waals surface area contributed by atoms with E-state index in [9.17, 15) is 9.90 Å². The van der Waals surface area contributed by atoms with Gasteiger partial charge in [0.2, 0.25) is 0 Å². The molecule has 0 spiro atoms. The van der Waals surface area contributed by atoms with Crippen molar-refractivity contribution in [2.24, 2.45) is 5.92 Å². The fourth-order valence-electron chi connectivity index (χ4n) is 3.79. The van der Waals surface area contributed by atoms with Crippen molar-refractivity contribution in [3.8, 4) is 0 Å². The van der Waals surface area contributed by atoms with Crippen molar-refractivity contribution in [1.82, 2.24) is 9.88 Å². The van der Waals surface area contributed by atoms with E-state index in [1.54, 1.807) is 6.20 Å². The van der Waals surface area contributed by atoms with Gasteiger partial charge >= 0.3 is 0 Å². The SMILES string of the molecule is O=C(c1cccc2cccnc12)N1CCC(C(O)c2ccccc2)CC1. The molecular weight excluding hydrogens is 324 g/mol. The maximum atomic E-state index is 13.0. The van der Waals surface area contributed by atoms with Crippen LogP contribution in [0.5, 0.6) is 0 Å². The molecule has 0 bridgehead atoms. The average molecular weight is 346 g/mol. The molecule has 2 heterocycles. The average Bonchev–Trinajstić information content (AvgIpc) is 2.73. The Balaban J connectivity index is 1.47. The van der Waals surface area contributed by atoms with Gasteiger partial charge in [-0.2, -0.15) is 0 Å². The van der Waals surface area contributed by atoms with Gasteiger partial charge in [-0.05, 0) is 36.5 Å². The van der Waals surface area contributed by atoms with Crippen LogP contribution in [0.4, 0.5) is 0 Å². The number of likely N-dealkylation sites (tertiary alicyclic amines) is 1. The van der Waals surface area contributed by atoms with E-state index in [2.05, 4.69) is 4.98 Å². The van der Waals surface area contributed by atoms with Crippen LogP contribution in [0.3, 0.4) is 0 Å². The topological polar surface area (TPSA) is 53.4 Å². The molecular formula is C22H22N2O2. The molecule has 1 saturated heterocycles. The van der Waals surface area contributed by atoms with Crippen molar-refractivity contribution in [3.05, 3.63) is 78.0 Å². The third-order valence-electron chi connectivity index (χ3n) is 5.28. The number of carbonyl (C=O) groups is 1. The van der Waals surface area contributed by atoms with Crippen LogP contribution >= 0.6 is 0 Å². The van der Waals surface area contributed by atoms with E-state index in [4.69, 9.17) is 0 Å². The largest absolute Gasteiger partial charge is 0.388 e. The first-order chi connectivity index (χ1) is 12.7. The number of aromatic nitrogens is 1. The highest BCUT2D eigenvalue weighted by atomic mass is 16.3. The summed E-state index contributed by atoms with van der Waals surface area (Å²) in [4.78, 5) is 19.3. The zero-order valence-electron chi connectivity index (χ0n) is 14.6. The molecule has 0 saturated carbocycles. The fourth-order valence-corrected chi connectivity index (χ4v) is 3.79. The summed E-state index contributed by atoms with van der Waals surface area (Å²) < 4.78 is 0. The van der Waals surface area contributed by atoms with Crippen molar-refractivity contribution in [2.45, 2.75) is 18.9 Å². The van der Waals surface area contributed by atoms with Crippen LogP contribution in [0.15, 0.2) is 66.9 Å². The zero-order chi connectivity index (χ0) is 17.9. The number of fused-ring (bicyclic) bond motifs is 1. The van der Waals surface area contributed by atoms with Crippen molar-refractivity contribution >= 4 is 16.8 Å².